The van der Waals surface area contributed by atoms with Crippen LogP contribution in [0.1, 0.15) is 37.5 Å². The van der Waals surface area contributed by atoms with Crippen molar-refractivity contribution in [1.29, 1.82) is 0 Å². The zero-order chi connectivity index (χ0) is 10.2. The Bertz CT molecular complexity index is 334. The third-order valence-electron chi connectivity index (χ3n) is 2.95. The second-order valence-corrected chi connectivity index (χ2v) is 5.12. The van der Waals surface area contributed by atoms with E-state index in [1.807, 2.05) is 0 Å². The molecule has 0 saturated heterocycles. The number of hydrogen-bond donors (Lipinski definition) is 1. The number of hydrogen-bond acceptors (Lipinski definition) is 1. The van der Waals surface area contributed by atoms with Crippen LogP contribution in [0.2, 0.25) is 0 Å². The molecule has 1 nitrogen and oxygen atoms in total. The van der Waals surface area contributed by atoms with Crippen molar-refractivity contribution < 1.29 is 0 Å². The number of fused-ring (bicyclic) bond motifs is 1. The summed E-state index contributed by atoms with van der Waals surface area (Å²) in [5.74, 6) is 0. The van der Waals surface area contributed by atoms with Crippen molar-refractivity contribution in [2.45, 2.75) is 39.2 Å². The summed E-state index contributed by atoms with van der Waals surface area (Å²) in [7, 11) is 0. The van der Waals surface area contributed by atoms with Gasteiger partial charge in [0.05, 0.1) is 0 Å². The van der Waals surface area contributed by atoms with E-state index in [1.165, 1.54) is 23.1 Å². The molecule has 0 spiro atoms. The summed E-state index contributed by atoms with van der Waals surface area (Å²) >= 11 is 0. The largest absolute Gasteiger partial charge is 0.312 e. The van der Waals surface area contributed by atoms with Gasteiger partial charge in [-0.25, -0.2) is 0 Å². The molecular weight excluding hydrogens is 170 g/mol. The molecule has 1 aliphatic heterocycles. The predicted molar refractivity (Wildman–Crippen MR) is 60.6 cm³/mol. The summed E-state index contributed by atoms with van der Waals surface area (Å²) in [4.78, 5) is 0. The van der Waals surface area contributed by atoms with Crippen LogP contribution < -0.4 is 5.32 Å². The zero-order valence-electron chi connectivity index (χ0n) is 9.35. The summed E-state index contributed by atoms with van der Waals surface area (Å²) in [6, 6.07) is 6.74. The second kappa shape index (κ2) is 3.39. The topological polar surface area (TPSA) is 12.0 Å². The molecule has 0 aliphatic carbocycles. The van der Waals surface area contributed by atoms with Crippen molar-refractivity contribution in [2.24, 2.45) is 0 Å². The molecule has 1 aromatic carbocycles. The maximum absolute atomic E-state index is 3.45. The van der Waals surface area contributed by atoms with Crippen molar-refractivity contribution in [3.05, 3.63) is 34.9 Å². The fourth-order valence-electron chi connectivity index (χ4n) is 2.22. The average Bonchev–Trinajstić information content (AvgIpc) is 2.15. The first kappa shape index (κ1) is 9.72. The second-order valence-electron chi connectivity index (χ2n) is 5.12. The first-order valence-corrected chi connectivity index (χ1v) is 5.41. The van der Waals surface area contributed by atoms with Gasteiger partial charge in [-0.1, -0.05) is 39.0 Å². The van der Waals surface area contributed by atoms with Gasteiger partial charge in [-0.2, -0.15) is 0 Å². The van der Waals surface area contributed by atoms with Crippen molar-refractivity contribution in [3.63, 3.8) is 0 Å². The van der Waals surface area contributed by atoms with E-state index in [1.54, 1.807) is 0 Å². The first-order chi connectivity index (χ1) is 6.59. The Hall–Kier alpha value is -0.820. The highest BCUT2D eigenvalue weighted by Crippen LogP contribution is 2.29. The molecule has 0 radical (unpaired) electrons. The molecule has 0 amide bonds. The Morgan fingerprint density at radius 2 is 2.00 bits per heavy atom. The van der Waals surface area contributed by atoms with Crippen molar-refractivity contribution >= 4 is 0 Å². The highest BCUT2D eigenvalue weighted by atomic mass is 14.9. The molecule has 76 valence electrons. The fraction of sp³-hybridized carbons (Fsp3) is 0.538. The smallest absolute Gasteiger partial charge is 0.0211 e. The van der Waals surface area contributed by atoms with Gasteiger partial charge >= 0.3 is 0 Å². The van der Waals surface area contributed by atoms with E-state index in [4.69, 9.17) is 0 Å². The van der Waals surface area contributed by atoms with Gasteiger partial charge in [-0.15, -0.1) is 0 Å². The quantitative estimate of drug-likeness (QED) is 0.661. The SMILES string of the molecule is CC(C)(C)c1cccc2c1CNCC2. The van der Waals surface area contributed by atoms with E-state index in [2.05, 4.69) is 44.3 Å². The molecule has 0 aromatic heterocycles. The number of benzene rings is 1. The van der Waals surface area contributed by atoms with Gasteiger partial charge < -0.3 is 5.32 Å². The number of nitrogens with one attached hydrogen (secondary N) is 1. The van der Waals surface area contributed by atoms with Crippen LogP contribution >= 0.6 is 0 Å². The summed E-state index contributed by atoms with van der Waals surface area (Å²) in [5.41, 5.74) is 4.84. The van der Waals surface area contributed by atoms with Crippen LogP contribution in [0.25, 0.3) is 0 Å². The van der Waals surface area contributed by atoms with Crippen LogP contribution in [0.5, 0.6) is 0 Å². The van der Waals surface area contributed by atoms with Gasteiger partial charge in [0.1, 0.15) is 0 Å². The molecule has 0 bridgehead atoms. The molecule has 0 saturated carbocycles. The zero-order valence-corrected chi connectivity index (χ0v) is 9.35. The summed E-state index contributed by atoms with van der Waals surface area (Å²) < 4.78 is 0. The van der Waals surface area contributed by atoms with E-state index in [0.717, 1.165) is 13.1 Å². The van der Waals surface area contributed by atoms with E-state index in [-0.39, 0.29) is 5.41 Å². The maximum Gasteiger partial charge on any atom is 0.0211 e. The van der Waals surface area contributed by atoms with E-state index in [9.17, 15) is 0 Å². The molecule has 0 fully saturated rings. The minimum absolute atomic E-state index is 0.268. The van der Waals surface area contributed by atoms with E-state index in [0.29, 0.717) is 0 Å². The minimum Gasteiger partial charge on any atom is -0.312 e. The van der Waals surface area contributed by atoms with Crippen LogP contribution in [0.3, 0.4) is 0 Å². The first-order valence-electron chi connectivity index (χ1n) is 5.41. The van der Waals surface area contributed by atoms with Gasteiger partial charge in [-0.05, 0) is 35.1 Å². The highest BCUT2D eigenvalue weighted by molar-refractivity contribution is 5.40. The highest BCUT2D eigenvalue weighted by Gasteiger charge is 2.20. The lowest BCUT2D eigenvalue weighted by molar-refractivity contribution is 0.559. The van der Waals surface area contributed by atoms with E-state index >= 15 is 0 Å². The molecule has 1 aromatic rings. The Kier molecular flexibility index (Phi) is 2.36. The predicted octanol–water partition coefficient (Wildman–Crippen LogP) is 2.63. The summed E-state index contributed by atoms with van der Waals surface area (Å²) in [5, 5.41) is 3.45. The van der Waals surface area contributed by atoms with Crippen LogP contribution in [-0.2, 0) is 18.4 Å². The van der Waals surface area contributed by atoms with E-state index < -0.39 is 0 Å². The monoisotopic (exact) mass is 189 g/mol. The van der Waals surface area contributed by atoms with Gasteiger partial charge in [0.25, 0.3) is 0 Å². The van der Waals surface area contributed by atoms with Crippen molar-refractivity contribution in [3.8, 4) is 0 Å². The third kappa shape index (κ3) is 1.69. The van der Waals surface area contributed by atoms with Crippen molar-refractivity contribution in [1.82, 2.24) is 5.32 Å². The molecule has 1 heterocycles. The Morgan fingerprint density at radius 1 is 1.21 bits per heavy atom. The Morgan fingerprint density at radius 3 is 2.71 bits per heavy atom. The lowest BCUT2D eigenvalue weighted by Gasteiger charge is -2.27. The van der Waals surface area contributed by atoms with Crippen LogP contribution in [0.4, 0.5) is 0 Å². The molecule has 0 unspecified atom stereocenters. The Balaban J connectivity index is 2.51. The van der Waals surface area contributed by atoms with Gasteiger partial charge in [0.2, 0.25) is 0 Å². The molecule has 1 N–H and O–H groups in total. The molecule has 2 rings (SSSR count). The van der Waals surface area contributed by atoms with Crippen LogP contribution in [0.15, 0.2) is 18.2 Å². The lowest BCUT2D eigenvalue weighted by Crippen LogP contribution is -2.27. The fourth-order valence-corrected chi connectivity index (χ4v) is 2.22. The van der Waals surface area contributed by atoms with Crippen LogP contribution in [-0.4, -0.2) is 6.54 Å². The van der Waals surface area contributed by atoms with Gasteiger partial charge in [0.15, 0.2) is 0 Å². The van der Waals surface area contributed by atoms with Crippen molar-refractivity contribution in [2.75, 3.05) is 6.54 Å². The molecule has 14 heavy (non-hydrogen) atoms. The van der Waals surface area contributed by atoms with Gasteiger partial charge in [-0.3, -0.25) is 0 Å². The van der Waals surface area contributed by atoms with Gasteiger partial charge in [0, 0.05) is 6.54 Å². The summed E-state index contributed by atoms with van der Waals surface area (Å²) in [6.45, 7) is 9.04. The lowest BCUT2D eigenvalue weighted by atomic mass is 9.81. The molecule has 1 aliphatic rings. The Labute approximate surface area is 86.5 Å². The van der Waals surface area contributed by atoms with Crippen LogP contribution in [0, 0.1) is 0 Å². The number of rotatable bonds is 0. The maximum atomic E-state index is 3.45. The average molecular weight is 189 g/mol. The molecule has 0 atom stereocenters. The standard InChI is InChI=1S/C13H19N/c1-13(2,3)12-6-4-5-10-7-8-14-9-11(10)12/h4-6,14H,7-9H2,1-3H3. The third-order valence-corrected chi connectivity index (χ3v) is 2.95. The minimum atomic E-state index is 0.268. The molecular formula is C13H19N. The molecule has 1 heteroatoms. The normalized spacial score (nSPS) is 16.5. The summed E-state index contributed by atoms with van der Waals surface area (Å²) in [6.07, 6.45) is 1.18.